The highest BCUT2D eigenvalue weighted by Gasteiger charge is 2.02. The molecule has 0 bridgehead atoms. The Balaban J connectivity index is 1.73. The third kappa shape index (κ3) is 3.37. The van der Waals surface area contributed by atoms with Gasteiger partial charge in [-0.05, 0) is 36.4 Å². The number of allylic oxidation sites excluding steroid dienone is 1. The lowest BCUT2D eigenvalue weighted by Gasteiger charge is -2.04. The Kier molecular flexibility index (Phi) is 4.34. The zero-order valence-corrected chi connectivity index (χ0v) is 12.7. The molecule has 0 spiro atoms. The van der Waals surface area contributed by atoms with Gasteiger partial charge in [-0.2, -0.15) is 0 Å². The number of ether oxygens (including phenoxy) is 1. The number of hydrogen-bond donors (Lipinski definition) is 1. The van der Waals surface area contributed by atoms with Crippen LogP contribution in [-0.4, -0.2) is 17.9 Å². The summed E-state index contributed by atoms with van der Waals surface area (Å²) in [4.78, 5) is 16.5. The molecular weight excluding hydrogens is 288 g/mol. The maximum absolute atomic E-state index is 12.1. The fraction of sp³-hybridized carbons (Fsp3) is 0.0526. The lowest BCUT2D eigenvalue weighted by molar-refractivity contribution is 0.104. The first-order chi connectivity index (χ1) is 11.3. The van der Waals surface area contributed by atoms with Crippen LogP contribution in [0.5, 0.6) is 5.75 Å². The standard InChI is InChI=1S/C19H16N2O2/c1-23-16-9-7-14(8-10-16)18(22)11-13-20-17-6-2-4-15-5-3-12-21-19(15)17/h2-13,20H,1H3/b13-11+. The highest BCUT2D eigenvalue weighted by atomic mass is 16.5. The van der Waals surface area contributed by atoms with Crippen molar-refractivity contribution in [3.63, 3.8) is 0 Å². The smallest absolute Gasteiger partial charge is 0.187 e. The van der Waals surface area contributed by atoms with Gasteiger partial charge in [-0.3, -0.25) is 9.78 Å². The maximum Gasteiger partial charge on any atom is 0.187 e. The number of nitrogens with zero attached hydrogens (tertiary/aromatic N) is 1. The number of carbonyl (C=O) groups is 1. The first kappa shape index (κ1) is 14.8. The monoisotopic (exact) mass is 304 g/mol. The number of ketones is 1. The zero-order chi connectivity index (χ0) is 16.1. The van der Waals surface area contributed by atoms with Gasteiger partial charge in [0.05, 0.1) is 18.3 Å². The van der Waals surface area contributed by atoms with E-state index in [-0.39, 0.29) is 5.78 Å². The van der Waals surface area contributed by atoms with Crippen LogP contribution in [0.25, 0.3) is 10.9 Å². The molecule has 2 aromatic carbocycles. The highest BCUT2D eigenvalue weighted by molar-refractivity contribution is 6.04. The van der Waals surface area contributed by atoms with Crippen LogP contribution in [-0.2, 0) is 0 Å². The van der Waals surface area contributed by atoms with Crippen molar-refractivity contribution in [2.75, 3.05) is 12.4 Å². The molecule has 3 aromatic rings. The van der Waals surface area contributed by atoms with Gasteiger partial charge in [0.15, 0.2) is 5.78 Å². The second kappa shape index (κ2) is 6.75. The minimum absolute atomic E-state index is 0.0756. The SMILES string of the molecule is COc1ccc(C(=O)/C=C/Nc2cccc3cccnc23)cc1. The average Bonchev–Trinajstić information content (AvgIpc) is 2.62. The number of nitrogens with one attached hydrogen (secondary N) is 1. The van der Waals surface area contributed by atoms with E-state index >= 15 is 0 Å². The number of methoxy groups -OCH3 is 1. The number of carbonyl (C=O) groups excluding carboxylic acids is 1. The summed E-state index contributed by atoms with van der Waals surface area (Å²) < 4.78 is 5.08. The van der Waals surface area contributed by atoms with Gasteiger partial charge in [0.2, 0.25) is 0 Å². The molecule has 0 radical (unpaired) electrons. The fourth-order valence-electron chi connectivity index (χ4n) is 2.28. The molecule has 23 heavy (non-hydrogen) atoms. The molecule has 0 fully saturated rings. The minimum atomic E-state index is -0.0756. The maximum atomic E-state index is 12.1. The Morgan fingerprint density at radius 2 is 1.87 bits per heavy atom. The van der Waals surface area contributed by atoms with Crippen molar-refractivity contribution in [1.82, 2.24) is 4.98 Å². The summed E-state index contributed by atoms with van der Waals surface area (Å²) in [6.07, 6.45) is 4.89. The van der Waals surface area contributed by atoms with E-state index in [1.165, 1.54) is 6.08 Å². The average molecular weight is 304 g/mol. The Morgan fingerprint density at radius 1 is 1.09 bits per heavy atom. The molecule has 0 saturated carbocycles. The Labute approximate surface area is 134 Å². The van der Waals surface area contributed by atoms with Crippen LogP contribution in [0.1, 0.15) is 10.4 Å². The molecule has 0 unspecified atom stereocenters. The van der Waals surface area contributed by atoms with Gasteiger partial charge >= 0.3 is 0 Å². The van der Waals surface area contributed by atoms with Crippen LogP contribution in [0.4, 0.5) is 5.69 Å². The molecule has 4 nitrogen and oxygen atoms in total. The molecule has 114 valence electrons. The van der Waals surface area contributed by atoms with E-state index in [0.29, 0.717) is 5.56 Å². The third-order valence-electron chi connectivity index (χ3n) is 3.48. The predicted octanol–water partition coefficient (Wildman–Crippen LogP) is 4.05. The minimum Gasteiger partial charge on any atom is -0.497 e. The fourth-order valence-corrected chi connectivity index (χ4v) is 2.28. The van der Waals surface area contributed by atoms with Crippen LogP contribution in [0.3, 0.4) is 0 Å². The second-order valence-electron chi connectivity index (χ2n) is 4.95. The van der Waals surface area contributed by atoms with E-state index in [1.54, 1.807) is 43.8 Å². The molecule has 0 aliphatic rings. The highest BCUT2D eigenvalue weighted by Crippen LogP contribution is 2.20. The van der Waals surface area contributed by atoms with Crippen molar-refractivity contribution in [3.05, 3.63) is 78.6 Å². The van der Waals surface area contributed by atoms with Crippen molar-refractivity contribution in [2.24, 2.45) is 0 Å². The van der Waals surface area contributed by atoms with Crippen molar-refractivity contribution in [1.29, 1.82) is 0 Å². The molecule has 0 aliphatic heterocycles. The molecule has 1 heterocycles. The number of aromatic nitrogens is 1. The number of pyridine rings is 1. The predicted molar refractivity (Wildman–Crippen MR) is 91.8 cm³/mol. The van der Waals surface area contributed by atoms with E-state index < -0.39 is 0 Å². The molecule has 0 aliphatic carbocycles. The van der Waals surface area contributed by atoms with Crippen molar-refractivity contribution in [2.45, 2.75) is 0 Å². The Bertz CT molecular complexity index is 849. The molecule has 3 rings (SSSR count). The second-order valence-corrected chi connectivity index (χ2v) is 4.95. The van der Waals surface area contributed by atoms with Crippen LogP contribution in [0.15, 0.2) is 73.1 Å². The first-order valence-electron chi connectivity index (χ1n) is 7.23. The van der Waals surface area contributed by atoms with Crippen LogP contribution in [0, 0.1) is 0 Å². The summed E-state index contributed by atoms with van der Waals surface area (Å²) in [7, 11) is 1.60. The number of para-hydroxylation sites is 1. The first-order valence-corrected chi connectivity index (χ1v) is 7.23. The van der Waals surface area contributed by atoms with Crippen LogP contribution < -0.4 is 10.1 Å². The van der Waals surface area contributed by atoms with Gasteiger partial charge < -0.3 is 10.1 Å². The van der Waals surface area contributed by atoms with E-state index in [9.17, 15) is 4.79 Å². The number of hydrogen-bond acceptors (Lipinski definition) is 4. The summed E-state index contributed by atoms with van der Waals surface area (Å²) in [5, 5.41) is 4.17. The van der Waals surface area contributed by atoms with Gasteiger partial charge in [0.1, 0.15) is 5.75 Å². The molecule has 1 aromatic heterocycles. The molecule has 4 heteroatoms. The van der Waals surface area contributed by atoms with E-state index in [0.717, 1.165) is 22.3 Å². The lowest BCUT2D eigenvalue weighted by Crippen LogP contribution is -1.97. The zero-order valence-electron chi connectivity index (χ0n) is 12.7. The number of benzene rings is 2. The number of rotatable bonds is 5. The Hall–Kier alpha value is -3.14. The van der Waals surface area contributed by atoms with Gasteiger partial charge in [-0.25, -0.2) is 0 Å². The van der Waals surface area contributed by atoms with Gasteiger partial charge in [0, 0.05) is 29.4 Å². The summed E-state index contributed by atoms with van der Waals surface area (Å²) in [6.45, 7) is 0. The largest absolute Gasteiger partial charge is 0.497 e. The molecule has 0 amide bonds. The quantitative estimate of drug-likeness (QED) is 0.570. The van der Waals surface area contributed by atoms with Gasteiger partial charge in [-0.1, -0.05) is 18.2 Å². The topological polar surface area (TPSA) is 51.2 Å². The molecule has 0 saturated heterocycles. The number of anilines is 1. The van der Waals surface area contributed by atoms with Crippen molar-refractivity contribution >= 4 is 22.4 Å². The van der Waals surface area contributed by atoms with Crippen molar-refractivity contribution in [3.8, 4) is 5.75 Å². The number of fused-ring (bicyclic) bond motifs is 1. The summed E-state index contributed by atoms with van der Waals surface area (Å²) >= 11 is 0. The summed E-state index contributed by atoms with van der Waals surface area (Å²) in [6, 6.07) is 16.8. The third-order valence-corrected chi connectivity index (χ3v) is 3.48. The summed E-state index contributed by atoms with van der Waals surface area (Å²) in [5.41, 5.74) is 2.35. The summed E-state index contributed by atoms with van der Waals surface area (Å²) in [5.74, 6) is 0.652. The van der Waals surface area contributed by atoms with E-state index in [2.05, 4.69) is 10.3 Å². The van der Waals surface area contributed by atoms with Crippen LogP contribution in [0.2, 0.25) is 0 Å². The Morgan fingerprint density at radius 3 is 2.65 bits per heavy atom. The van der Waals surface area contributed by atoms with E-state index in [4.69, 9.17) is 4.74 Å². The molecular formula is C19H16N2O2. The molecule has 1 N–H and O–H groups in total. The van der Waals surface area contributed by atoms with Gasteiger partial charge in [0.25, 0.3) is 0 Å². The van der Waals surface area contributed by atoms with E-state index in [1.807, 2.05) is 30.3 Å². The van der Waals surface area contributed by atoms with Gasteiger partial charge in [-0.15, -0.1) is 0 Å². The molecule has 0 atom stereocenters. The van der Waals surface area contributed by atoms with Crippen molar-refractivity contribution < 1.29 is 9.53 Å². The normalized spacial score (nSPS) is 10.8. The lowest BCUT2D eigenvalue weighted by atomic mass is 10.1. The van der Waals surface area contributed by atoms with Crippen LogP contribution >= 0.6 is 0 Å².